The van der Waals surface area contributed by atoms with E-state index >= 15 is 0 Å². The van der Waals surface area contributed by atoms with E-state index < -0.39 is 27.8 Å². The summed E-state index contributed by atoms with van der Waals surface area (Å²) in [5, 5.41) is 9.91. The largest absolute Gasteiger partial charge is 0.470 e. The number of hydrogen-bond donors (Lipinski definition) is 2. The molecule has 0 amide bonds. The lowest BCUT2D eigenvalue weighted by Crippen LogP contribution is -2.34. The third-order valence-electron chi connectivity index (χ3n) is 6.17. The molecule has 6 rings (SSSR count). The summed E-state index contributed by atoms with van der Waals surface area (Å²) in [6.45, 7) is 0.505. The average molecular weight is 526 g/mol. The van der Waals surface area contributed by atoms with Gasteiger partial charge in [-0.2, -0.15) is 4.36 Å². The number of aliphatic hydroxyl groups excluding tert-OH is 1. The molecule has 0 spiro atoms. The van der Waals surface area contributed by atoms with Gasteiger partial charge in [-0.1, -0.05) is 24.3 Å². The van der Waals surface area contributed by atoms with Gasteiger partial charge >= 0.3 is 0 Å². The van der Waals surface area contributed by atoms with Gasteiger partial charge in [0.25, 0.3) is 0 Å². The van der Waals surface area contributed by atoms with Gasteiger partial charge in [0.2, 0.25) is 0 Å². The molecule has 0 aliphatic carbocycles. The van der Waals surface area contributed by atoms with Crippen molar-refractivity contribution >= 4 is 26.4 Å². The fraction of sp³-hybridized carbons (Fsp3) is 0.320. The van der Waals surface area contributed by atoms with Crippen LogP contribution in [-0.4, -0.2) is 79.4 Å². The summed E-state index contributed by atoms with van der Waals surface area (Å²) < 4.78 is 48.1. The first-order valence-corrected chi connectivity index (χ1v) is 13.9. The number of pyridine rings is 1. The van der Waals surface area contributed by atoms with Gasteiger partial charge in [0.05, 0.1) is 36.6 Å². The van der Waals surface area contributed by atoms with Crippen molar-refractivity contribution in [2.45, 2.75) is 24.4 Å². The Morgan fingerprint density at radius 2 is 1.78 bits per heavy atom. The molecule has 0 unspecified atom stereocenters. The van der Waals surface area contributed by atoms with Crippen molar-refractivity contribution in [2.75, 3.05) is 25.7 Å². The topological polar surface area (TPSA) is 132 Å². The van der Waals surface area contributed by atoms with Gasteiger partial charge in [-0.05, 0) is 0 Å². The SMILES string of the molecule is CS(C)(=O)=Nc1cnc(-c2ccc(-c3nc4cc(O[C@@H]5CO[C@H]6[C@@H]5OC[C@H]6O)[nH]c4cc3F)cc2)nc1. The molecule has 12 heteroatoms. The monoisotopic (exact) mass is 525 g/mol. The number of benzene rings is 1. The maximum absolute atomic E-state index is 15.0. The summed E-state index contributed by atoms with van der Waals surface area (Å²) >= 11 is 0. The van der Waals surface area contributed by atoms with Gasteiger partial charge in [0.15, 0.2) is 23.6 Å². The number of ether oxygens (including phenoxy) is 3. The molecule has 2 fully saturated rings. The van der Waals surface area contributed by atoms with Crippen molar-refractivity contribution in [3.63, 3.8) is 0 Å². The molecule has 192 valence electrons. The predicted molar refractivity (Wildman–Crippen MR) is 134 cm³/mol. The first kappa shape index (κ1) is 23.9. The van der Waals surface area contributed by atoms with Gasteiger partial charge in [-0.15, -0.1) is 0 Å². The number of nitrogens with one attached hydrogen (secondary N) is 1. The number of hydrogen-bond acceptors (Lipinski definition) is 9. The average Bonchev–Trinajstić information content (AvgIpc) is 3.55. The zero-order valence-electron chi connectivity index (χ0n) is 20.0. The lowest BCUT2D eigenvalue weighted by atomic mass is 10.1. The summed E-state index contributed by atoms with van der Waals surface area (Å²) in [5.74, 6) is 0.408. The van der Waals surface area contributed by atoms with E-state index in [0.717, 1.165) is 5.56 Å². The van der Waals surface area contributed by atoms with Crippen LogP contribution in [0.25, 0.3) is 33.7 Å². The fourth-order valence-corrected chi connectivity index (χ4v) is 5.13. The summed E-state index contributed by atoms with van der Waals surface area (Å²) in [4.78, 5) is 16.1. The number of aliphatic hydroxyl groups is 1. The molecular formula is C25H24FN5O5S. The number of aromatic amines is 1. The van der Waals surface area contributed by atoms with E-state index in [1.165, 1.54) is 18.5 Å². The minimum Gasteiger partial charge on any atom is -0.470 e. The molecule has 0 saturated carbocycles. The molecule has 2 aliphatic heterocycles. The molecule has 0 bridgehead atoms. The Labute approximate surface area is 212 Å². The second-order valence-electron chi connectivity index (χ2n) is 9.32. The Morgan fingerprint density at radius 3 is 2.51 bits per heavy atom. The van der Waals surface area contributed by atoms with E-state index in [9.17, 15) is 13.7 Å². The quantitative estimate of drug-likeness (QED) is 0.406. The van der Waals surface area contributed by atoms with Crippen LogP contribution in [0.4, 0.5) is 10.1 Å². The van der Waals surface area contributed by atoms with Crippen LogP contribution in [-0.2, 0) is 19.2 Å². The Morgan fingerprint density at radius 1 is 1.08 bits per heavy atom. The summed E-state index contributed by atoms with van der Waals surface area (Å²) in [5.41, 5.74) is 3.02. The smallest absolute Gasteiger partial charge is 0.193 e. The van der Waals surface area contributed by atoms with Gasteiger partial charge in [0, 0.05) is 45.5 Å². The zero-order valence-corrected chi connectivity index (χ0v) is 20.8. The summed E-state index contributed by atoms with van der Waals surface area (Å²) in [6.07, 6.45) is 4.32. The van der Waals surface area contributed by atoms with Crippen LogP contribution in [0.15, 0.2) is 53.2 Å². The number of nitrogens with zero attached hydrogens (tertiary/aromatic N) is 4. The predicted octanol–water partition coefficient (Wildman–Crippen LogP) is 3.09. The molecule has 2 N–H and O–H groups in total. The van der Waals surface area contributed by atoms with Crippen LogP contribution in [0.2, 0.25) is 0 Å². The Balaban J connectivity index is 1.22. The molecular weight excluding hydrogens is 501 g/mol. The van der Waals surface area contributed by atoms with Crippen LogP contribution in [0.5, 0.6) is 5.88 Å². The number of H-pyrrole nitrogens is 1. The molecule has 4 aromatic rings. The Hall–Kier alpha value is -3.45. The van der Waals surface area contributed by atoms with Crippen LogP contribution in [0.1, 0.15) is 0 Å². The molecule has 10 nitrogen and oxygen atoms in total. The summed E-state index contributed by atoms with van der Waals surface area (Å²) in [6, 6.07) is 10.2. The number of aromatic nitrogens is 4. The van der Waals surface area contributed by atoms with E-state index in [0.29, 0.717) is 40.6 Å². The van der Waals surface area contributed by atoms with Crippen LogP contribution >= 0.6 is 0 Å². The highest BCUT2D eigenvalue weighted by Crippen LogP contribution is 2.32. The molecule has 1 aromatic carbocycles. The molecule has 2 aliphatic rings. The maximum atomic E-state index is 15.0. The van der Waals surface area contributed by atoms with Crippen molar-refractivity contribution in [3.8, 4) is 28.5 Å². The Kier molecular flexibility index (Phi) is 5.91. The third kappa shape index (κ3) is 4.80. The highest BCUT2D eigenvalue weighted by atomic mass is 32.2. The van der Waals surface area contributed by atoms with Crippen molar-refractivity contribution in [3.05, 3.63) is 54.6 Å². The van der Waals surface area contributed by atoms with Gasteiger partial charge in [-0.3, -0.25) is 0 Å². The summed E-state index contributed by atoms with van der Waals surface area (Å²) in [7, 11) is -2.30. The molecule has 3 aromatic heterocycles. The molecule has 2 saturated heterocycles. The first-order chi connectivity index (χ1) is 17.7. The normalized spacial score (nSPS) is 23.4. The molecule has 37 heavy (non-hydrogen) atoms. The minimum absolute atomic E-state index is 0.201. The lowest BCUT2D eigenvalue weighted by Gasteiger charge is -2.16. The minimum atomic E-state index is -2.30. The molecule has 0 radical (unpaired) electrons. The van der Waals surface area contributed by atoms with Crippen LogP contribution in [0, 0.1) is 5.82 Å². The van der Waals surface area contributed by atoms with Gasteiger partial charge in [-0.25, -0.2) is 23.6 Å². The highest BCUT2D eigenvalue weighted by Gasteiger charge is 2.48. The van der Waals surface area contributed by atoms with Crippen molar-refractivity contribution in [1.82, 2.24) is 19.9 Å². The van der Waals surface area contributed by atoms with Crippen LogP contribution < -0.4 is 4.74 Å². The van der Waals surface area contributed by atoms with Crippen molar-refractivity contribution in [1.29, 1.82) is 0 Å². The van der Waals surface area contributed by atoms with Gasteiger partial charge in [0.1, 0.15) is 29.7 Å². The molecule has 5 heterocycles. The van der Waals surface area contributed by atoms with E-state index in [1.807, 2.05) is 0 Å². The van der Waals surface area contributed by atoms with E-state index in [1.54, 1.807) is 42.8 Å². The van der Waals surface area contributed by atoms with Crippen molar-refractivity contribution in [2.24, 2.45) is 4.36 Å². The molecule has 4 atom stereocenters. The number of rotatable bonds is 5. The Bertz CT molecular complexity index is 1580. The van der Waals surface area contributed by atoms with E-state index in [4.69, 9.17) is 14.2 Å². The third-order valence-corrected chi connectivity index (χ3v) is 6.82. The van der Waals surface area contributed by atoms with E-state index in [2.05, 4.69) is 24.3 Å². The van der Waals surface area contributed by atoms with Crippen LogP contribution in [0.3, 0.4) is 0 Å². The second-order valence-corrected chi connectivity index (χ2v) is 11.9. The maximum Gasteiger partial charge on any atom is 0.193 e. The zero-order chi connectivity index (χ0) is 25.7. The first-order valence-electron chi connectivity index (χ1n) is 11.6. The van der Waals surface area contributed by atoms with Crippen molar-refractivity contribution < 1.29 is 27.9 Å². The van der Waals surface area contributed by atoms with E-state index in [-0.39, 0.29) is 24.5 Å². The standard InChI is InChI=1S/C25H24FN5O5S/c1-37(2,33)31-15-9-27-25(28-10-15)14-5-3-13(4-6-14)22-16(26)7-17-18(30-22)8-21(29-17)36-20-12-35-23-19(32)11-34-24(20)23/h3-10,19-20,23-24,29,32H,11-12H2,1-2H3/t19-,20-,23-,24-/m1/s1. The number of halogens is 1. The second kappa shape index (κ2) is 9.14. The fourth-order valence-electron chi connectivity index (χ4n) is 4.53. The highest BCUT2D eigenvalue weighted by molar-refractivity contribution is 7.92. The van der Waals surface area contributed by atoms with Gasteiger partial charge < -0.3 is 24.3 Å². The lowest BCUT2D eigenvalue weighted by molar-refractivity contribution is 0.00794. The number of fused-ring (bicyclic) bond motifs is 2.